The number of nitro benzene ring substituents is 1. The number of hydrogen-bond acceptors (Lipinski definition) is 6. The van der Waals surface area contributed by atoms with Crippen LogP contribution in [0.5, 0.6) is 0 Å². The number of amides is 1. The molecule has 3 rings (SSSR count). The molecule has 1 aliphatic heterocycles. The Bertz CT molecular complexity index is 763. The molecule has 1 aliphatic rings. The first-order chi connectivity index (χ1) is 10.6. The van der Waals surface area contributed by atoms with Crippen molar-refractivity contribution in [2.24, 2.45) is 0 Å². The molecular formula is C12H10ClN5O3S. The summed E-state index contributed by atoms with van der Waals surface area (Å²) in [5.41, 5.74) is -0.176. The molecule has 0 saturated heterocycles. The van der Waals surface area contributed by atoms with Crippen LogP contribution < -0.4 is 5.32 Å². The maximum Gasteiger partial charge on any atom is 0.288 e. The van der Waals surface area contributed by atoms with Crippen LogP contribution in [0.15, 0.2) is 23.4 Å². The fourth-order valence-corrected chi connectivity index (χ4v) is 3.12. The maximum absolute atomic E-state index is 12.2. The first kappa shape index (κ1) is 14.8. The summed E-state index contributed by atoms with van der Waals surface area (Å²) in [6.45, 7) is 0.728. The summed E-state index contributed by atoms with van der Waals surface area (Å²) >= 11 is 7.30. The normalized spacial score (nSPS) is 13.5. The summed E-state index contributed by atoms with van der Waals surface area (Å²) in [4.78, 5) is 22.5. The third-order valence-electron chi connectivity index (χ3n) is 3.10. The van der Waals surface area contributed by atoms with Gasteiger partial charge >= 0.3 is 0 Å². The topological polar surface area (TPSA) is 103 Å². The zero-order valence-corrected chi connectivity index (χ0v) is 12.7. The number of hydrogen-bond donors (Lipinski definition) is 1. The van der Waals surface area contributed by atoms with Crippen LogP contribution in [-0.4, -0.2) is 31.3 Å². The molecule has 1 N–H and O–H groups in total. The lowest BCUT2D eigenvalue weighted by Crippen LogP contribution is -2.18. The average Bonchev–Trinajstić information content (AvgIpc) is 2.90. The molecule has 8 nitrogen and oxygen atoms in total. The molecule has 0 unspecified atom stereocenters. The lowest BCUT2D eigenvalue weighted by molar-refractivity contribution is -0.384. The second-order valence-corrected chi connectivity index (χ2v) is 6.01. The van der Waals surface area contributed by atoms with Crippen molar-refractivity contribution in [1.82, 2.24) is 14.8 Å². The summed E-state index contributed by atoms with van der Waals surface area (Å²) in [5, 5.41) is 22.2. The molecule has 22 heavy (non-hydrogen) atoms. The van der Waals surface area contributed by atoms with Crippen LogP contribution in [0.2, 0.25) is 5.02 Å². The summed E-state index contributed by atoms with van der Waals surface area (Å²) in [7, 11) is 0. The second kappa shape index (κ2) is 5.93. The van der Waals surface area contributed by atoms with Gasteiger partial charge in [-0.3, -0.25) is 24.8 Å². The molecule has 0 fully saturated rings. The van der Waals surface area contributed by atoms with E-state index in [4.69, 9.17) is 11.6 Å². The van der Waals surface area contributed by atoms with Crippen molar-refractivity contribution < 1.29 is 9.72 Å². The monoisotopic (exact) mass is 339 g/mol. The van der Waals surface area contributed by atoms with E-state index >= 15 is 0 Å². The van der Waals surface area contributed by atoms with E-state index in [0.717, 1.165) is 29.9 Å². The Labute approximate surface area is 134 Å². The minimum absolute atomic E-state index is 0.0159. The summed E-state index contributed by atoms with van der Waals surface area (Å²) < 4.78 is 1.82. The zero-order valence-electron chi connectivity index (χ0n) is 11.2. The molecule has 2 aromatic rings. The molecule has 1 amide bonds. The van der Waals surface area contributed by atoms with Crippen LogP contribution in [0, 0.1) is 10.1 Å². The number of thioether (sulfide) groups is 1. The van der Waals surface area contributed by atoms with Gasteiger partial charge in [-0.25, -0.2) is 0 Å². The van der Waals surface area contributed by atoms with Gasteiger partial charge in [-0.1, -0.05) is 23.4 Å². The highest BCUT2D eigenvalue weighted by Gasteiger charge is 2.20. The van der Waals surface area contributed by atoms with Crippen molar-refractivity contribution >= 4 is 40.9 Å². The highest BCUT2D eigenvalue weighted by Crippen LogP contribution is 2.27. The third-order valence-corrected chi connectivity index (χ3v) is 4.48. The third kappa shape index (κ3) is 2.77. The van der Waals surface area contributed by atoms with Crippen molar-refractivity contribution in [3.8, 4) is 0 Å². The lowest BCUT2D eigenvalue weighted by Gasteiger charge is -2.14. The number of carbonyl (C=O) groups excluding carboxylic acids is 1. The van der Waals surface area contributed by atoms with E-state index in [-0.39, 0.29) is 16.3 Å². The van der Waals surface area contributed by atoms with Crippen LogP contribution in [0.25, 0.3) is 0 Å². The van der Waals surface area contributed by atoms with Gasteiger partial charge in [0.2, 0.25) is 5.95 Å². The predicted molar refractivity (Wildman–Crippen MR) is 81.4 cm³/mol. The standard InChI is InChI=1S/C12H10ClN5O3S/c13-8-3-2-7(6-9(8)18(20)21)10(19)14-11-15-16-12-17(11)4-1-5-22-12/h2-3,6H,1,4-5H2,(H,14,15,19). The molecule has 0 bridgehead atoms. The number of nitrogens with zero attached hydrogens (tertiary/aromatic N) is 4. The molecule has 10 heteroatoms. The number of fused-ring (bicyclic) bond motifs is 1. The Morgan fingerprint density at radius 2 is 2.27 bits per heavy atom. The van der Waals surface area contributed by atoms with Crippen LogP contribution in [0.4, 0.5) is 11.6 Å². The van der Waals surface area contributed by atoms with Gasteiger partial charge in [0.25, 0.3) is 11.6 Å². The number of nitro groups is 1. The number of carbonyl (C=O) groups is 1. The molecule has 0 saturated carbocycles. The fraction of sp³-hybridized carbons (Fsp3) is 0.250. The first-order valence-corrected chi connectivity index (χ1v) is 7.74. The van der Waals surface area contributed by atoms with Gasteiger partial charge in [-0.15, -0.1) is 10.2 Å². The van der Waals surface area contributed by atoms with Gasteiger partial charge in [0.1, 0.15) is 5.02 Å². The van der Waals surface area contributed by atoms with E-state index in [1.165, 1.54) is 12.1 Å². The maximum atomic E-state index is 12.2. The molecule has 0 spiro atoms. The summed E-state index contributed by atoms with van der Waals surface area (Å²) in [6, 6.07) is 3.89. The van der Waals surface area contributed by atoms with Gasteiger partial charge in [0.05, 0.1) is 4.92 Å². The van der Waals surface area contributed by atoms with Crippen molar-refractivity contribution in [3.05, 3.63) is 38.9 Å². The second-order valence-electron chi connectivity index (χ2n) is 4.54. The number of anilines is 1. The lowest BCUT2D eigenvalue weighted by atomic mass is 10.2. The molecule has 0 atom stereocenters. The van der Waals surface area contributed by atoms with Crippen LogP contribution >= 0.6 is 23.4 Å². The Morgan fingerprint density at radius 1 is 1.45 bits per heavy atom. The Balaban J connectivity index is 1.84. The van der Waals surface area contributed by atoms with Gasteiger partial charge < -0.3 is 0 Å². The van der Waals surface area contributed by atoms with Gasteiger partial charge in [-0.2, -0.15) is 0 Å². The van der Waals surface area contributed by atoms with Crippen LogP contribution in [0.1, 0.15) is 16.8 Å². The van der Waals surface area contributed by atoms with Gasteiger partial charge in [0.15, 0.2) is 5.16 Å². The van der Waals surface area contributed by atoms with E-state index in [0.29, 0.717) is 5.95 Å². The Morgan fingerprint density at radius 3 is 3.05 bits per heavy atom. The molecular weight excluding hydrogens is 330 g/mol. The van der Waals surface area contributed by atoms with E-state index in [2.05, 4.69) is 15.5 Å². The molecule has 2 heterocycles. The Kier molecular flexibility index (Phi) is 3.99. The molecule has 114 valence electrons. The van der Waals surface area contributed by atoms with Crippen LogP contribution in [0.3, 0.4) is 0 Å². The Hall–Kier alpha value is -2.13. The predicted octanol–water partition coefficient (Wildman–Crippen LogP) is 2.59. The van der Waals surface area contributed by atoms with Crippen molar-refractivity contribution in [3.63, 3.8) is 0 Å². The SMILES string of the molecule is O=C(Nc1nnc2n1CCCS2)c1ccc(Cl)c([N+](=O)[O-])c1. The minimum atomic E-state index is -0.630. The summed E-state index contributed by atoms with van der Waals surface area (Å²) in [5.74, 6) is 0.811. The van der Waals surface area contributed by atoms with Crippen LogP contribution in [-0.2, 0) is 6.54 Å². The largest absolute Gasteiger partial charge is 0.290 e. The molecule has 1 aromatic carbocycles. The fourth-order valence-electron chi connectivity index (χ4n) is 2.04. The number of aromatic nitrogens is 3. The van der Waals surface area contributed by atoms with E-state index in [9.17, 15) is 14.9 Å². The van der Waals surface area contributed by atoms with Gasteiger partial charge in [-0.05, 0) is 18.6 Å². The highest BCUT2D eigenvalue weighted by atomic mass is 35.5. The molecule has 0 radical (unpaired) electrons. The van der Waals surface area contributed by atoms with E-state index in [1.54, 1.807) is 11.8 Å². The van der Waals surface area contributed by atoms with Gasteiger partial charge in [0, 0.05) is 23.9 Å². The van der Waals surface area contributed by atoms with Crippen molar-refractivity contribution in [2.45, 2.75) is 18.1 Å². The first-order valence-electron chi connectivity index (χ1n) is 6.37. The summed E-state index contributed by atoms with van der Waals surface area (Å²) in [6.07, 6.45) is 0.963. The number of halogens is 1. The van der Waals surface area contributed by atoms with E-state index in [1.807, 2.05) is 4.57 Å². The smallest absolute Gasteiger partial charge is 0.288 e. The average molecular weight is 340 g/mol. The van der Waals surface area contributed by atoms with Crippen molar-refractivity contribution in [1.29, 1.82) is 0 Å². The molecule has 0 aliphatic carbocycles. The number of rotatable bonds is 3. The highest BCUT2D eigenvalue weighted by molar-refractivity contribution is 7.99. The minimum Gasteiger partial charge on any atom is -0.290 e. The molecule has 1 aromatic heterocycles. The number of benzene rings is 1. The van der Waals surface area contributed by atoms with Crippen molar-refractivity contribution in [2.75, 3.05) is 11.1 Å². The quantitative estimate of drug-likeness (QED) is 0.681. The van der Waals surface area contributed by atoms with E-state index < -0.39 is 10.8 Å². The number of nitrogens with one attached hydrogen (secondary N) is 1. The zero-order chi connectivity index (χ0) is 15.7.